The molecule has 0 spiro atoms. The van der Waals surface area contributed by atoms with Gasteiger partial charge in [0.05, 0.1) is 6.42 Å². The molecule has 0 aromatic carbocycles. The van der Waals surface area contributed by atoms with Gasteiger partial charge in [-0.3, -0.25) is 14.4 Å². The van der Waals surface area contributed by atoms with Crippen molar-refractivity contribution < 1.29 is 28.6 Å². The highest BCUT2D eigenvalue weighted by atomic mass is 16.6. The van der Waals surface area contributed by atoms with E-state index in [-0.39, 0.29) is 31.6 Å². The van der Waals surface area contributed by atoms with Crippen molar-refractivity contribution in [3.63, 3.8) is 0 Å². The summed E-state index contributed by atoms with van der Waals surface area (Å²) in [5.74, 6) is -1.06. The topological polar surface area (TPSA) is 78.9 Å². The van der Waals surface area contributed by atoms with E-state index in [2.05, 4.69) is 142 Å². The maximum Gasteiger partial charge on any atom is 0.310 e. The Balaban J connectivity index is 4.08. The Morgan fingerprint density at radius 3 is 0.880 bits per heavy atom. The molecule has 1 unspecified atom stereocenters. The number of ether oxygens (including phenoxy) is 3. The van der Waals surface area contributed by atoms with Gasteiger partial charge in [-0.05, 0) is 96.3 Å². The van der Waals surface area contributed by atoms with Crippen LogP contribution in [0.5, 0.6) is 0 Å². The molecule has 6 heteroatoms. The summed E-state index contributed by atoms with van der Waals surface area (Å²) in [5, 5.41) is 0. The van der Waals surface area contributed by atoms with Gasteiger partial charge in [0.25, 0.3) is 0 Å². The van der Waals surface area contributed by atoms with Crippen molar-refractivity contribution in [3.05, 3.63) is 134 Å². The first-order valence-corrected chi connectivity index (χ1v) is 30.7. The summed E-state index contributed by atoms with van der Waals surface area (Å²) in [6.07, 6.45) is 88.1. The van der Waals surface area contributed by atoms with Crippen LogP contribution in [0, 0.1) is 0 Å². The summed E-state index contributed by atoms with van der Waals surface area (Å²) in [6.45, 7) is 6.28. The van der Waals surface area contributed by atoms with E-state index in [4.69, 9.17) is 14.2 Å². The average Bonchev–Trinajstić information content (AvgIpc) is 3.41. The lowest BCUT2D eigenvalue weighted by atomic mass is 10.0. The fourth-order valence-corrected chi connectivity index (χ4v) is 8.17. The molecule has 0 aliphatic rings. The Hall–Kier alpha value is -4.45. The van der Waals surface area contributed by atoms with E-state index in [1.807, 2.05) is 6.08 Å². The predicted octanol–water partition coefficient (Wildman–Crippen LogP) is 21.0. The number of hydrogen-bond acceptors (Lipinski definition) is 6. The van der Waals surface area contributed by atoms with E-state index in [0.29, 0.717) is 12.8 Å². The van der Waals surface area contributed by atoms with Crippen LogP contribution in [0.1, 0.15) is 265 Å². The van der Waals surface area contributed by atoms with Crippen LogP contribution < -0.4 is 0 Å². The van der Waals surface area contributed by atoms with E-state index in [0.717, 1.165) is 109 Å². The molecule has 0 aromatic heterocycles. The van der Waals surface area contributed by atoms with Crippen molar-refractivity contribution >= 4 is 17.9 Å². The van der Waals surface area contributed by atoms with Crippen molar-refractivity contribution in [1.29, 1.82) is 0 Å². The van der Waals surface area contributed by atoms with Crippen LogP contribution in [-0.2, 0) is 28.6 Å². The number of carbonyl (C=O) groups is 3. The van der Waals surface area contributed by atoms with Gasteiger partial charge in [-0.2, -0.15) is 0 Å². The van der Waals surface area contributed by atoms with Crippen molar-refractivity contribution in [2.45, 2.75) is 271 Å². The first kappa shape index (κ1) is 70.5. The highest BCUT2D eigenvalue weighted by Gasteiger charge is 2.19. The standard InChI is InChI=1S/C69H112O6/c1-4-7-10-13-16-18-20-22-24-25-26-27-28-29-30-31-32-33-34-35-36-37-38-39-40-41-42-43-45-46-48-50-53-56-59-62-68(71)74-65-66(64-73-67(70)61-58-55-52-15-12-9-6-3)75-69(72)63-60-57-54-51-49-47-44-23-21-19-17-14-11-8-5-2/h7-8,10-11,16-19,22-24,26-27,29-30,32-33,44,49,51,57,60,66H,4-6,9,12-15,20-21,25,28,31,34-43,45-48,50,52-56,58-59,61-65H2,1-3H3/b10-7-,11-8-,18-16-,19-17-,24-22-,27-26-,30-29-,33-32-,44-23-,51-49-,60-57-. The summed E-state index contributed by atoms with van der Waals surface area (Å²) in [7, 11) is 0. The molecule has 424 valence electrons. The number of allylic oxidation sites excluding steroid dienone is 21. The van der Waals surface area contributed by atoms with Crippen molar-refractivity contribution in [1.82, 2.24) is 0 Å². The predicted molar refractivity (Wildman–Crippen MR) is 325 cm³/mol. The molecule has 0 bridgehead atoms. The van der Waals surface area contributed by atoms with E-state index >= 15 is 0 Å². The van der Waals surface area contributed by atoms with Crippen molar-refractivity contribution in [2.24, 2.45) is 0 Å². The molecular weight excluding hydrogens is 925 g/mol. The molecule has 0 aromatic rings. The number of rotatable bonds is 54. The molecule has 0 aliphatic heterocycles. The largest absolute Gasteiger partial charge is 0.462 e. The maximum atomic E-state index is 12.7. The van der Waals surface area contributed by atoms with Gasteiger partial charge in [-0.1, -0.05) is 283 Å². The maximum absolute atomic E-state index is 12.7. The van der Waals surface area contributed by atoms with Crippen LogP contribution in [0.2, 0.25) is 0 Å². The molecule has 0 fully saturated rings. The minimum Gasteiger partial charge on any atom is -0.462 e. The summed E-state index contributed by atoms with van der Waals surface area (Å²) in [4.78, 5) is 37.9. The van der Waals surface area contributed by atoms with Gasteiger partial charge in [0.1, 0.15) is 13.2 Å². The lowest BCUT2D eigenvalue weighted by Gasteiger charge is -2.18. The van der Waals surface area contributed by atoms with Gasteiger partial charge in [-0.25, -0.2) is 0 Å². The minimum absolute atomic E-state index is 0.0953. The SMILES string of the molecule is CC/C=C\C/C=C\C/C=C\C/C=C\C/C=C\C/C=C\CCCCCCCCCCCCCCCCCCC(=O)OCC(COC(=O)CCCCCCCCC)OC(=O)C/C=C\C/C=C\C/C=C\C/C=C\C/C=C\CC. The van der Waals surface area contributed by atoms with Gasteiger partial charge < -0.3 is 14.2 Å². The first-order valence-electron chi connectivity index (χ1n) is 30.7. The number of esters is 3. The lowest BCUT2D eigenvalue weighted by Crippen LogP contribution is -2.30. The molecule has 1 atom stereocenters. The average molecular weight is 1040 g/mol. The van der Waals surface area contributed by atoms with Gasteiger partial charge in [0.15, 0.2) is 6.10 Å². The zero-order valence-corrected chi connectivity index (χ0v) is 48.5. The van der Waals surface area contributed by atoms with E-state index < -0.39 is 12.1 Å². The summed E-state index contributed by atoms with van der Waals surface area (Å²) < 4.78 is 16.7. The van der Waals surface area contributed by atoms with Gasteiger partial charge >= 0.3 is 17.9 Å². The first-order chi connectivity index (χ1) is 37.0. The quantitative estimate of drug-likeness (QED) is 0.0261. The summed E-state index contributed by atoms with van der Waals surface area (Å²) in [6, 6.07) is 0. The van der Waals surface area contributed by atoms with E-state index in [1.165, 1.54) is 116 Å². The number of hydrogen-bond donors (Lipinski definition) is 0. The van der Waals surface area contributed by atoms with Crippen molar-refractivity contribution in [2.75, 3.05) is 13.2 Å². The fourth-order valence-electron chi connectivity index (χ4n) is 8.17. The molecule has 0 aliphatic carbocycles. The van der Waals surface area contributed by atoms with E-state index in [1.54, 1.807) is 6.08 Å². The Bertz CT molecular complexity index is 1620. The van der Waals surface area contributed by atoms with Gasteiger partial charge in [-0.15, -0.1) is 0 Å². The molecule has 6 nitrogen and oxygen atoms in total. The lowest BCUT2D eigenvalue weighted by molar-refractivity contribution is -0.166. The van der Waals surface area contributed by atoms with Crippen LogP contribution in [0.25, 0.3) is 0 Å². The second kappa shape index (κ2) is 62.1. The van der Waals surface area contributed by atoms with E-state index in [9.17, 15) is 14.4 Å². The second-order valence-corrected chi connectivity index (χ2v) is 19.9. The van der Waals surface area contributed by atoms with Crippen LogP contribution in [-0.4, -0.2) is 37.2 Å². The molecular formula is C69H112O6. The molecule has 0 N–H and O–H groups in total. The molecule has 0 amide bonds. The molecule has 0 heterocycles. The number of unbranched alkanes of at least 4 members (excludes halogenated alkanes) is 22. The van der Waals surface area contributed by atoms with Crippen LogP contribution in [0.4, 0.5) is 0 Å². The molecule has 0 radical (unpaired) electrons. The smallest absolute Gasteiger partial charge is 0.310 e. The Morgan fingerprint density at radius 2 is 0.560 bits per heavy atom. The summed E-state index contributed by atoms with van der Waals surface area (Å²) in [5.41, 5.74) is 0. The number of carbonyl (C=O) groups excluding carboxylic acids is 3. The van der Waals surface area contributed by atoms with Crippen LogP contribution >= 0.6 is 0 Å². The fraction of sp³-hybridized carbons (Fsp3) is 0.638. The normalized spacial score (nSPS) is 13.1. The highest BCUT2D eigenvalue weighted by Crippen LogP contribution is 2.16. The zero-order chi connectivity index (χ0) is 54.3. The monoisotopic (exact) mass is 1040 g/mol. The molecule has 0 saturated carbocycles. The molecule has 0 rings (SSSR count). The zero-order valence-electron chi connectivity index (χ0n) is 48.5. The Morgan fingerprint density at radius 1 is 0.293 bits per heavy atom. The Labute approximate surface area is 462 Å². The molecule has 0 saturated heterocycles. The minimum atomic E-state index is -0.831. The Kier molecular flexibility index (Phi) is 58.4. The van der Waals surface area contributed by atoms with Crippen molar-refractivity contribution in [3.8, 4) is 0 Å². The van der Waals surface area contributed by atoms with Gasteiger partial charge in [0.2, 0.25) is 0 Å². The van der Waals surface area contributed by atoms with Crippen LogP contribution in [0.3, 0.4) is 0 Å². The third-order valence-electron chi connectivity index (χ3n) is 12.7. The third-order valence-corrected chi connectivity index (χ3v) is 12.7. The highest BCUT2D eigenvalue weighted by molar-refractivity contribution is 5.72. The third kappa shape index (κ3) is 60.3. The summed E-state index contributed by atoms with van der Waals surface area (Å²) >= 11 is 0. The van der Waals surface area contributed by atoms with Crippen LogP contribution in [0.15, 0.2) is 134 Å². The molecule has 75 heavy (non-hydrogen) atoms. The second-order valence-electron chi connectivity index (χ2n) is 19.9. The van der Waals surface area contributed by atoms with Gasteiger partial charge in [0, 0.05) is 12.8 Å².